The monoisotopic (exact) mass is 303 g/mol. The number of amidine groups is 1. The van der Waals surface area contributed by atoms with E-state index in [2.05, 4.69) is 11.6 Å². The van der Waals surface area contributed by atoms with Gasteiger partial charge < -0.3 is 5.73 Å². The number of hydrogen-bond acceptors (Lipinski definition) is 3. The summed E-state index contributed by atoms with van der Waals surface area (Å²) < 4.78 is 27.4. The van der Waals surface area contributed by atoms with Crippen molar-refractivity contribution in [3.05, 3.63) is 0 Å². The fourth-order valence-corrected chi connectivity index (χ4v) is 5.03. The van der Waals surface area contributed by atoms with Gasteiger partial charge in [-0.15, -0.1) is 0 Å². The van der Waals surface area contributed by atoms with Gasteiger partial charge in [0.05, 0.1) is 11.3 Å². The Balaban J connectivity index is 2.86. The van der Waals surface area contributed by atoms with Gasteiger partial charge >= 0.3 is 0 Å². The molecule has 0 saturated heterocycles. The lowest BCUT2D eigenvalue weighted by molar-refractivity contribution is 0.265. The van der Waals surface area contributed by atoms with Crippen LogP contribution in [0.4, 0.5) is 0 Å². The molecule has 0 aromatic carbocycles. The van der Waals surface area contributed by atoms with Crippen molar-refractivity contribution in [1.82, 2.24) is 4.72 Å². The van der Waals surface area contributed by atoms with Crippen LogP contribution in [0.3, 0.4) is 0 Å². The Morgan fingerprint density at radius 3 is 2.20 bits per heavy atom. The average Bonchev–Trinajstić information content (AvgIpc) is 2.25. The van der Waals surface area contributed by atoms with Gasteiger partial charge in [0, 0.05) is 0 Å². The van der Waals surface area contributed by atoms with Crippen LogP contribution in [0.2, 0.25) is 0 Å². The molecular weight excluding hydrogens is 274 g/mol. The fourth-order valence-electron chi connectivity index (χ4n) is 2.91. The molecule has 0 unspecified atom stereocenters. The van der Waals surface area contributed by atoms with Gasteiger partial charge in [-0.3, -0.25) is 5.41 Å². The van der Waals surface area contributed by atoms with Crippen LogP contribution in [0, 0.1) is 16.7 Å². The molecule has 0 amide bonds. The summed E-state index contributed by atoms with van der Waals surface area (Å²) >= 11 is 0. The first-order valence-electron chi connectivity index (χ1n) is 7.36. The molecule has 1 saturated carbocycles. The summed E-state index contributed by atoms with van der Waals surface area (Å²) in [6.45, 7) is 7.82. The van der Waals surface area contributed by atoms with Gasteiger partial charge in [-0.1, -0.05) is 34.1 Å². The second-order valence-corrected chi connectivity index (χ2v) is 8.99. The van der Waals surface area contributed by atoms with E-state index < -0.39 is 15.6 Å². The average molecular weight is 303 g/mol. The number of nitrogens with one attached hydrogen (secondary N) is 2. The molecule has 1 fully saturated rings. The lowest BCUT2D eigenvalue weighted by Crippen LogP contribution is -2.59. The Kier molecular flexibility index (Phi) is 5.24. The summed E-state index contributed by atoms with van der Waals surface area (Å²) in [6.07, 6.45) is 4.21. The molecule has 0 aromatic heterocycles. The van der Waals surface area contributed by atoms with Gasteiger partial charge in [-0.05, 0) is 37.0 Å². The van der Waals surface area contributed by atoms with Crippen molar-refractivity contribution >= 4 is 15.9 Å². The molecule has 6 heteroatoms. The van der Waals surface area contributed by atoms with Crippen molar-refractivity contribution in [2.45, 2.75) is 65.3 Å². The molecule has 0 aromatic rings. The third kappa shape index (κ3) is 4.74. The van der Waals surface area contributed by atoms with Crippen LogP contribution in [-0.4, -0.2) is 25.5 Å². The summed E-state index contributed by atoms with van der Waals surface area (Å²) in [4.78, 5) is 0. The SMILES string of the molecule is CCC1CCC(NS(=O)(=O)CC(C)(C)C)(C(=N)N)CC1. The Hall–Kier alpha value is -0.620. The van der Waals surface area contributed by atoms with Gasteiger partial charge in [-0.25, -0.2) is 13.1 Å². The summed E-state index contributed by atoms with van der Waals surface area (Å²) in [5, 5.41) is 7.82. The number of rotatable bonds is 5. The molecule has 0 atom stereocenters. The summed E-state index contributed by atoms with van der Waals surface area (Å²) in [6, 6.07) is 0. The Labute approximate surface area is 123 Å². The standard InChI is InChI=1S/C14H29N3O2S/c1-5-11-6-8-14(9-7-11,12(15)16)17-20(18,19)10-13(2,3)4/h11,17H,5-10H2,1-4H3,(H3,15,16). The normalized spacial score (nSPS) is 28.3. The van der Waals surface area contributed by atoms with Gasteiger partial charge in [0.2, 0.25) is 10.0 Å². The number of sulfonamides is 1. The highest BCUT2D eigenvalue weighted by molar-refractivity contribution is 7.89. The van der Waals surface area contributed by atoms with E-state index in [0.717, 1.165) is 19.3 Å². The molecule has 1 rings (SSSR count). The van der Waals surface area contributed by atoms with E-state index in [0.29, 0.717) is 18.8 Å². The zero-order chi connectivity index (χ0) is 15.6. The smallest absolute Gasteiger partial charge is 0.213 e. The van der Waals surface area contributed by atoms with E-state index in [4.69, 9.17) is 11.1 Å². The predicted octanol–water partition coefficient (Wildman–Crippen LogP) is 2.23. The number of nitrogens with two attached hydrogens (primary N) is 1. The summed E-state index contributed by atoms with van der Waals surface area (Å²) in [5.74, 6) is 0.616. The Bertz CT molecular complexity index is 444. The maximum absolute atomic E-state index is 12.3. The minimum atomic E-state index is -3.44. The highest BCUT2D eigenvalue weighted by atomic mass is 32.2. The molecule has 0 aliphatic heterocycles. The van der Waals surface area contributed by atoms with Gasteiger partial charge in [0.1, 0.15) is 5.84 Å². The van der Waals surface area contributed by atoms with Gasteiger partial charge in [-0.2, -0.15) is 0 Å². The van der Waals surface area contributed by atoms with E-state index in [-0.39, 0.29) is 17.0 Å². The third-order valence-corrected chi connectivity index (χ3v) is 5.97. The Morgan fingerprint density at radius 2 is 1.85 bits per heavy atom. The third-order valence-electron chi connectivity index (χ3n) is 4.03. The molecule has 0 heterocycles. The molecular formula is C14H29N3O2S. The van der Waals surface area contributed by atoms with Crippen LogP contribution in [0.1, 0.15) is 59.8 Å². The van der Waals surface area contributed by atoms with E-state index in [9.17, 15) is 8.42 Å². The number of hydrogen-bond donors (Lipinski definition) is 3. The fraction of sp³-hybridized carbons (Fsp3) is 0.929. The van der Waals surface area contributed by atoms with E-state index in [1.807, 2.05) is 20.8 Å². The van der Waals surface area contributed by atoms with Gasteiger partial charge in [0.25, 0.3) is 0 Å². The van der Waals surface area contributed by atoms with Crippen LogP contribution >= 0.6 is 0 Å². The second-order valence-electron chi connectivity index (χ2n) is 7.27. The minimum Gasteiger partial charge on any atom is -0.386 e. The maximum Gasteiger partial charge on any atom is 0.213 e. The molecule has 1 aliphatic carbocycles. The first kappa shape index (κ1) is 17.4. The minimum absolute atomic E-state index is 0.0479. The van der Waals surface area contributed by atoms with Crippen LogP contribution < -0.4 is 10.5 Å². The Morgan fingerprint density at radius 1 is 1.35 bits per heavy atom. The van der Waals surface area contributed by atoms with Crippen LogP contribution in [0.25, 0.3) is 0 Å². The predicted molar refractivity (Wildman–Crippen MR) is 83.3 cm³/mol. The van der Waals surface area contributed by atoms with Crippen LogP contribution in [0.15, 0.2) is 0 Å². The lowest BCUT2D eigenvalue weighted by atomic mass is 9.75. The van der Waals surface area contributed by atoms with Crippen molar-refractivity contribution < 1.29 is 8.42 Å². The van der Waals surface area contributed by atoms with E-state index in [1.165, 1.54) is 0 Å². The summed E-state index contributed by atoms with van der Waals surface area (Å²) in [7, 11) is -3.44. The molecule has 0 radical (unpaired) electrons. The lowest BCUT2D eigenvalue weighted by Gasteiger charge is -2.40. The molecule has 118 valence electrons. The van der Waals surface area contributed by atoms with Crippen molar-refractivity contribution in [3.8, 4) is 0 Å². The molecule has 5 nitrogen and oxygen atoms in total. The molecule has 20 heavy (non-hydrogen) atoms. The molecule has 1 aliphatic rings. The molecule has 4 N–H and O–H groups in total. The topological polar surface area (TPSA) is 96.0 Å². The first-order valence-corrected chi connectivity index (χ1v) is 9.01. The quantitative estimate of drug-likeness (QED) is 0.536. The zero-order valence-electron chi connectivity index (χ0n) is 13.1. The maximum atomic E-state index is 12.3. The van der Waals surface area contributed by atoms with Gasteiger partial charge in [0.15, 0.2) is 0 Å². The van der Waals surface area contributed by atoms with Crippen molar-refractivity contribution in [3.63, 3.8) is 0 Å². The molecule has 0 spiro atoms. The zero-order valence-corrected chi connectivity index (χ0v) is 13.9. The van der Waals surface area contributed by atoms with Crippen molar-refractivity contribution in [1.29, 1.82) is 5.41 Å². The van der Waals surface area contributed by atoms with Crippen molar-refractivity contribution in [2.75, 3.05) is 5.75 Å². The van der Waals surface area contributed by atoms with E-state index in [1.54, 1.807) is 0 Å². The van der Waals surface area contributed by atoms with Crippen LogP contribution in [0.5, 0.6) is 0 Å². The van der Waals surface area contributed by atoms with Crippen LogP contribution in [-0.2, 0) is 10.0 Å². The largest absolute Gasteiger partial charge is 0.386 e. The molecule has 0 bridgehead atoms. The first-order chi connectivity index (χ1) is 9.00. The highest BCUT2D eigenvalue weighted by Crippen LogP contribution is 2.34. The van der Waals surface area contributed by atoms with E-state index >= 15 is 0 Å². The summed E-state index contributed by atoms with van der Waals surface area (Å²) in [5.41, 5.74) is 4.54. The van der Waals surface area contributed by atoms with Crippen molar-refractivity contribution in [2.24, 2.45) is 17.1 Å². The highest BCUT2D eigenvalue weighted by Gasteiger charge is 2.41. The second kappa shape index (κ2) is 6.02.